The number of carbonyl (C=O) groups is 3. The molecule has 0 spiro atoms. The van der Waals surface area contributed by atoms with Gasteiger partial charge in [0.2, 0.25) is 11.8 Å². The van der Waals surface area contributed by atoms with Gasteiger partial charge in [-0.3, -0.25) is 9.59 Å². The molecule has 2 aliphatic heterocycles. The minimum absolute atomic E-state index is 0.111. The third-order valence-electron chi connectivity index (χ3n) is 3.94. The highest BCUT2D eigenvalue weighted by atomic mass is 16.2. The van der Waals surface area contributed by atoms with Gasteiger partial charge in [-0.1, -0.05) is 0 Å². The number of hydrogen-bond acceptors (Lipinski definition) is 3. The monoisotopic (exact) mass is 264 g/mol. The molecular weight excluding hydrogens is 244 g/mol. The average Bonchev–Trinajstić information content (AvgIpc) is 3.03. The lowest BCUT2D eigenvalue weighted by molar-refractivity contribution is -0.130. The van der Waals surface area contributed by atoms with Gasteiger partial charge >= 0.3 is 0 Å². The van der Waals surface area contributed by atoms with Crippen LogP contribution >= 0.6 is 0 Å². The standard InChI is InChI=1S/C14H20N2O3/c1-11-4-2-8-15(11)13(18)6-7-14(19)16-9-3-5-12(16)10-17/h6-7,10-12H,2-5,8-9H2,1H3/b7-6+. The Morgan fingerprint density at radius 3 is 2.16 bits per heavy atom. The Hall–Kier alpha value is -1.65. The molecule has 0 N–H and O–H groups in total. The summed E-state index contributed by atoms with van der Waals surface area (Å²) in [4.78, 5) is 38.0. The molecule has 0 aromatic heterocycles. The maximum absolute atomic E-state index is 11.9. The topological polar surface area (TPSA) is 57.7 Å². The molecule has 2 unspecified atom stereocenters. The fourth-order valence-corrected chi connectivity index (χ4v) is 2.80. The van der Waals surface area contributed by atoms with Crippen LogP contribution in [-0.4, -0.2) is 53.1 Å². The molecule has 104 valence electrons. The molecule has 2 atom stereocenters. The van der Waals surface area contributed by atoms with E-state index in [4.69, 9.17) is 0 Å². The van der Waals surface area contributed by atoms with Gasteiger partial charge in [0, 0.05) is 31.3 Å². The quantitative estimate of drug-likeness (QED) is 0.558. The molecular formula is C14H20N2O3. The van der Waals surface area contributed by atoms with Gasteiger partial charge in [-0.15, -0.1) is 0 Å². The van der Waals surface area contributed by atoms with Crippen LogP contribution in [0, 0.1) is 0 Å². The van der Waals surface area contributed by atoms with Crippen LogP contribution in [-0.2, 0) is 14.4 Å². The minimum atomic E-state index is -0.321. The summed E-state index contributed by atoms with van der Waals surface area (Å²) in [6.07, 6.45) is 7.06. The molecule has 5 nitrogen and oxygen atoms in total. The zero-order chi connectivity index (χ0) is 13.8. The largest absolute Gasteiger partial charge is 0.336 e. The lowest BCUT2D eigenvalue weighted by atomic mass is 10.2. The van der Waals surface area contributed by atoms with Crippen LogP contribution in [0.4, 0.5) is 0 Å². The molecule has 2 amide bonds. The Balaban J connectivity index is 1.92. The van der Waals surface area contributed by atoms with Crippen LogP contribution in [0.15, 0.2) is 12.2 Å². The zero-order valence-corrected chi connectivity index (χ0v) is 11.2. The van der Waals surface area contributed by atoms with Gasteiger partial charge in [0.05, 0.1) is 6.04 Å². The Bertz CT molecular complexity index is 405. The molecule has 2 saturated heterocycles. The average molecular weight is 264 g/mol. The van der Waals surface area contributed by atoms with Gasteiger partial charge in [0.25, 0.3) is 0 Å². The van der Waals surface area contributed by atoms with E-state index in [-0.39, 0.29) is 23.9 Å². The molecule has 2 rings (SSSR count). The van der Waals surface area contributed by atoms with Crippen LogP contribution < -0.4 is 0 Å². The van der Waals surface area contributed by atoms with Gasteiger partial charge < -0.3 is 14.6 Å². The van der Waals surface area contributed by atoms with Gasteiger partial charge in [-0.05, 0) is 32.6 Å². The second-order valence-electron chi connectivity index (χ2n) is 5.23. The summed E-state index contributed by atoms with van der Waals surface area (Å²) >= 11 is 0. The highest BCUT2D eigenvalue weighted by molar-refractivity contribution is 5.97. The molecule has 0 aliphatic carbocycles. The molecule has 2 aliphatic rings. The van der Waals surface area contributed by atoms with Crippen LogP contribution in [0.25, 0.3) is 0 Å². The van der Waals surface area contributed by atoms with E-state index in [2.05, 4.69) is 0 Å². The summed E-state index contributed by atoms with van der Waals surface area (Å²) < 4.78 is 0. The van der Waals surface area contributed by atoms with Crippen molar-refractivity contribution in [2.24, 2.45) is 0 Å². The summed E-state index contributed by atoms with van der Waals surface area (Å²) in [5, 5.41) is 0. The molecule has 0 aromatic carbocycles. The van der Waals surface area contributed by atoms with Gasteiger partial charge in [0.15, 0.2) is 0 Å². The van der Waals surface area contributed by atoms with Crippen LogP contribution in [0.3, 0.4) is 0 Å². The highest BCUT2D eigenvalue weighted by Gasteiger charge is 2.27. The van der Waals surface area contributed by atoms with Gasteiger partial charge in [-0.2, -0.15) is 0 Å². The van der Waals surface area contributed by atoms with Crippen molar-refractivity contribution in [3.05, 3.63) is 12.2 Å². The molecule has 2 heterocycles. The second-order valence-corrected chi connectivity index (χ2v) is 5.23. The van der Waals surface area contributed by atoms with Crippen molar-refractivity contribution in [2.75, 3.05) is 13.1 Å². The summed E-state index contributed by atoms with van der Waals surface area (Å²) in [6, 6.07) is -0.0697. The molecule has 0 radical (unpaired) electrons. The number of rotatable bonds is 3. The van der Waals surface area contributed by atoms with Crippen LogP contribution in [0.1, 0.15) is 32.6 Å². The number of amides is 2. The van der Waals surface area contributed by atoms with E-state index in [1.165, 1.54) is 17.1 Å². The Kier molecular flexibility index (Phi) is 4.35. The van der Waals surface area contributed by atoms with E-state index in [0.717, 1.165) is 38.5 Å². The molecule has 19 heavy (non-hydrogen) atoms. The van der Waals surface area contributed by atoms with Crippen LogP contribution in [0.2, 0.25) is 0 Å². The Morgan fingerprint density at radius 2 is 1.58 bits per heavy atom. The van der Waals surface area contributed by atoms with Crippen molar-refractivity contribution < 1.29 is 14.4 Å². The molecule has 0 saturated carbocycles. The van der Waals surface area contributed by atoms with Crippen molar-refractivity contribution >= 4 is 18.1 Å². The smallest absolute Gasteiger partial charge is 0.247 e. The van der Waals surface area contributed by atoms with Crippen molar-refractivity contribution in [2.45, 2.75) is 44.7 Å². The van der Waals surface area contributed by atoms with Crippen molar-refractivity contribution in [3.63, 3.8) is 0 Å². The van der Waals surface area contributed by atoms with Crippen molar-refractivity contribution in [1.82, 2.24) is 9.80 Å². The third kappa shape index (κ3) is 3.03. The molecule has 0 bridgehead atoms. The summed E-state index contributed by atoms with van der Waals surface area (Å²) in [5.41, 5.74) is 0. The van der Waals surface area contributed by atoms with E-state index >= 15 is 0 Å². The fourth-order valence-electron chi connectivity index (χ4n) is 2.80. The SMILES string of the molecule is CC1CCCN1C(=O)/C=C/C(=O)N1CCCC1C=O. The molecule has 0 aromatic rings. The van der Waals surface area contributed by atoms with E-state index < -0.39 is 0 Å². The summed E-state index contributed by atoms with van der Waals surface area (Å²) in [7, 11) is 0. The predicted molar refractivity (Wildman–Crippen MR) is 70.3 cm³/mol. The first-order valence-corrected chi connectivity index (χ1v) is 6.88. The van der Waals surface area contributed by atoms with Crippen LogP contribution in [0.5, 0.6) is 0 Å². The normalized spacial score (nSPS) is 27.2. The van der Waals surface area contributed by atoms with Gasteiger partial charge in [-0.25, -0.2) is 0 Å². The highest BCUT2D eigenvalue weighted by Crippen LogP contribution is 2.18. The third-order valence-corrected chi connectivity index (χ3v) is 3.94. The van der Waals surface area contributed by atoms with Crippen molar-refractivity contribution in [3.8, 4) is 0 Å². The van der Waals surface area contributed by atoms with E-state index in [1.807, 2.05) is 6.92 Å². The number of nitrogens with zero attached hydrogens (tertiary/aromatic N) is 2. The molecule has 2 fully saturated rings. The zero-order valence-electron chi connectivity index (χ0n) is 11.2. The van der Waals surface area contributed by atoms with Crippen molar-refractivity contribution in [1.29, 1.82) is 0 Å². The van der Waals surface area contributed by atoms with E-state index in [1.54, 1.807) is 4.90 Å². The Morgan fingerprint density at radius 1 is 1.00 bits per heavy atom. The lowest BCUT2D eigenvalue weighted by Crippen LogP contribution is -2.36. The first-order chi connectivity index (χ1) is 9.13. The Labute approximate surface area is 113 Å². The summed E-state index contributed by atoms with van der Waals surface area (Å²) in [6.45, 7) is 3.38. The number of likely N-dealkylation sites (tertiary alicyclic amines) is 2. The second kappa shape index (κ2) is 5.99. The van der Waals surface area contributed by atoms with Gasteiger partial charge in [0.1, 0.15) is 6.29 Å². The number of hydrogen-bond donors (Lipinski definition) is 0. The fraction of sp³-hybridized carbons (Fsp3) is 0.643. The number of carbonyl (C=O) groups excluding carboxylic acids is 3. The lowest BCUT2D eigenvalue weighted by Gasteiger charge is -2.20. The maximum Gasteiger partial charge on any atom is 0.247 e. The number of aldehydes is 1. The minimum Gasteiger partial charge on any atom is -0.336 e. The maximum atomic E-state index is 11.9. The van der Waals surface area contributed by atoms with E-state index in [9.17, 15) is 14.4 Å². The predicted octanol–water partition coefficient (Wildman–Crippen LogP) is 0.743. The first-order valence-electron chi connectivity index (χ1n) is 6.88. The van der Waals surface area contributed by atoms with E-state index in [0.29, 0.717) is 6.54 Å². The molecule has 5 heteroatoms. The first kappa shape index (κ1) is 13.8. The summed E-state index contributed by atoms with van der Waals surface area (Å²) in [5.74, 6) is -0.352.